The predicted molar refractivity (Wildman–Crippen MR) is 72.0 cm³/mol. The Morgan fingerprint density at radius 2 is 2.11 bits per heavy atom. The largest absolute Gasteiger partial charge is 0.338 e. The number of aromatic nitrogens is 3. The number of carbonyl (C=O) groups excluding carboxylic acids is 1. The molecule has 2 aromatic rings. The van der Waals surface area contributed by atoms with Crippen molar-refractivity contribution in [3.8, 4) is 5.69 Å². The van der Waals surface area contributed by atoms with Crippen LogP contribution in [-0.4, -0.2) is 27.3 Å². The van der Waals surface area contributed by atoms with Gasteiger partial charge in [0.25, 0.3) is 0 Å². The van der Waals surface area contributed by atoms with Crippen LogP contribution in [0.4, 0.5) is 4.79 Å². The number of benzene rings is 1. The van der Waals surface area contributed by atoms with Crippen molar-refractivity contribution in [1.82, 2.24) is 25.4 Å². The molecule has 0 saturated heterocycles. The highest BCUT2D eigenvalue weighted by Crippen LogP contribution is 2.14. The van der Waals surface area contributed by atoms with Crippen LogP contribution in [0, 0.1) is 0 Å². The van der Waals surface area contributed by atoms with Crippen LogP contribution in [0.1, 0.15) is 25.5 Å². The van der Waals surface area contributed by atoms with Gasteiger partial charge in [-0.1, -0.05) is 12.1 Å². The molecule has 19 heavy (non-hydrogen) atoms. The van der Waals surface area contributed by atoms with Gasteiger partial charge in [-0.15, -0.1) is 0 Å². The van der Waals surface area contributed by atoms with E-state index >= 15 is 0 Å². The summed E-state index contributed by atoms with van der Waals surface area (Å²) in [6.07, 6.45) is 3.14. The standard InChI is InChI=1S/C13H17N5O/c1-3-15-13(19)17-10(2)11-4-6-12(7-5-11)18-9-14-8-16-18/h4-10H,3H2,1-2H3,(H2,15,17,19). The van der Waals surface area contributed by atoms with E-state index in [0.717, 1.165) is 11.3 Å². The maximum Gasteiger partial charge on any atom is 0.315 e. The van der Waals surface area contributed by atoms with Crippen molar-refractivity contribution in [2.45, 2.75) is 19.9 Å². The molecule has 2 rings (SSSR count). The van der Waals surface area contributed by atoms with E-state index in [4.69, 9.17) is 0 Å². The van der Waals surface area contributed by atoms with Crippen LogP contribution >= 0.6 is 0 Å². The lowest BCUT2D eigenvalue weighted by atomic mass is 10.1. The van der Waals surface area contributed by atoms with Gasteiger partial charge in [0, 0.05) is 6.54 Å². The first kappa shape index (κ1) is 13.1. The first-order valence-corrected chi connectivity index (χ1v) is 6.20. The molecule has 2 amide bonds. The number of nitrogens with one attached hydrogen (secondary N) is 2. The van der Waals surface area contributed by atoms with Crippen LogP contribution in [0.15, 0.2) is 36.9 Å². The summed E-state index contributed by atoms with van der Waals surface area (Å²) in [5, 5.41) is 9.63. The molecule has 0 bridgehead atoms. The lowest BCUT2D eigenvalue weighted by molar-refractivity contribution is 0.238. The van der Waals surface area contributed by atoms with Gasteiger partial charge >= 0.3 is 6.03 Å². The average Bonchev–Trinajstić information content (AvgIpc) is 2.93. The minimum atomic E-state index is -0.157. The van der Waals surface area contributed by atoms with E-state index in [2.05, 4.69) is 20.7 Å². The Morgan fingerprint density at radius 3 is 2.68 bits per heavy atom. The van der Waals surface area contributed by atoms with Gasteiger partial charge in [-0.2, -0.15) is 5.10 Å². The summed E-state index contributed by atoms with van der Waals surface area (Å²) in [6.45, 7) is 4.45. The molecule has 0 aliphatic heterocycles. The van der Waals surface area contributed by atoms with Gasteiger partial charge in [-0.3, -0.25) is 0 Å². The second-order valence-corrected chi connectivity index (χ2v) is 4.16. The highest BCUT2D eigenvalue weighted by molar-refractivity contribution is 5.74. The zero-order chi connectivity index (χ0) is 13.7. The molecule has 0 aliphatic carbocycles. The molecule has 100 valence electrons. The van der Waals surface area contributed by atoms with Gasteiger partial charge < -0.3 is 10.6 Å². The first-order valence-electron chi connectivity index (χ1n) is 6.20. The van der Waals surface area contributed by atoms with Crippen molar-refractivity contribution < 1.29 is 4.79 Å². The zero-order valence-electron chi connectivity index (χ0n) is 11.0. The lowest BCUT2D eigenvalue weighted by Crippen LogP contribution is -2.36. The summed E-state index contributed by atoms with van der Waals surface area (Å²) in [6, 6.07) is 7.62. The van der Waals surface area contributed by atoms with Crippen molar-refractivity contribution in [3.05, 3.63) is 42.5 Å². The smallest absolute Gasteiger partial charge is 0.315 e. The fourth-order valence-corrected chi connectivity index (χ4v) is 1.75. The Morgan fingerprint density at radius 1 is 1.37 bits per heavy atom. The van der Waals surface area contributed by atoms with Crippen molar-refractivity contribution in [2.75, 3.05) is 6.54 Å². The summed E-state index contributed by atoms with van der Waals surface area (Å²) in [7, 11) is 0. The summed E-state index contributed by atoms with van der Waals surface area (Å²) < 4.78 is 1.69. The molecule has 0 saturated carbocycles. The number of rotatable bonds is 4. The molecule has 1 aromatic carbocycles. The van der Waals surface area contributed by atoms with Crippen LogP contribution in [0.3, 0.4) is 0 Å². The predicted octanol–water partition coefficient (Wildman–Crippen LogP) is 1.65. The van der Waals surface area contributed by atoms with E-state index < -0.39 is 0 Å². The number of amides is 2. The fourth-order valence-electron chi connectivity index (χ4n) is 1.75. The molecular formula is C13H17N5O. The highest BCUT2D eigenvalue weighted by Gasteiger charge is 2.08. The summed E-state index contributed by atoms with van der Waals surface area (Å²) >= 11 is 0. The maximum absolute atomic E-state index is 11.4. The van der Waals surface area contributed by atoms with Gasteiger partial charge in [-0.05, 0) is 31.5 Å². The molecule has 0 radical (unpaired) electrons. The third-order valence-corrected chi connectivity index (χ3v) is 2.76. The maximum atomic E-state index is 11.4. The third kappa shape index (κ3) is 3.31. The van der Waals surface area contributed by atoms with Gasteiger partial charge in [0.15, 0.2) is 0 Å². The quantitative estimate of drug-likeness (QED) is 0.877. The first-order chi connectivity index (χ1) is 9.20. The Hall–Kier alpha value is -2.37. The van der Waals surface area contributed by atoms with E-state index in [1.54, 1.807) is 11.0 Å². The lowest BCUT2D eigenvalue weighted by Gasteiger charge is -2.15. The average molecular weight is 259 g/mol. The monoisotopic (exact) mass is 259 g/mol. The van der Waals surface area contributed by atoms with Gasteiger partial charge in [-0.25, -0.2) is 14.5 Å². The van der Waals surface area contributed by atoms with Crippen LogP contribution in [0.5, 0.6) is 0 Å². The second-order valence-electron chi connectivity index (χ2n) is 4.16. The Labute approximate surface area is 111 Å². The molecule has 0 fully saturated rings. The fraction of sp³-hybridized carbons (Fsp3) is 0.308. The molecule has 6 heteroatoms. The Kier molecular flexibility index (Phi) is 4.12. The summed E-state index contributed by atoms with van der Waals surface area (Å²) in [4.78, 5) is 15.3. The van der Waals surface area contributed by atoms with Gasteiger partial charge in [0.1, 0.15) is 12.7 Å². The Balaban J connectivity index is 2.04. The zero-order valence-corrected chi connectivity index (χ0v) is 11.0. The molecule has 0 spiro atoms. The van der Waals surface area contributed by atoms with E-state index in [1.165, 1.54) is 6.33 Å². The van der Waals surface area contributed by atoms with Gasteiger partial charge in [0.2, 0.25) is 0 Å². The van der Waals surface area contributed by atoms with Gasteiger partial charge in [0.05, 0.1) is 11.7 Å². The number of carbonyl (C=O) groups is 1. The van der Waals surface area contributed by atoms with Crippen molar-refractivity contribution in [2.24, 2.45) is 0 Å². The molecule has 1 aromatic heterocycles. The van der Waals surface area contributed by atoms with E-state index in [1.807, 2.05) is 38.1 Å². The van der Waals surface area contributed by atoms with E-state index in [9.17, 15) is 4.79 Å². The number of urea groups is 1. The van der Waals surface area contributed by atoms with Crippen LogP contribution < -0.4 is 10.6 Å². The number of hydrogen-bond acceptors (Lipinski definition) is 3. The molecule has 6 nitrogen and oxygen atoms in total. The summed E-state index contributed by atoms with van der Waals surface area (Å²) in [5.41, 5.74) is 1.97. The third-order valence-electron chi connectivity index (χ3n) is 2.76. The minimum Gasteiger partial charge on any atom is -0.338 e. The van der Waals surface area contributed by atoms with Crippen molar-refractivity contribution in [1.29, 1.82) is 0 Å². The normalized spacial score (nSPS) is 11.9. The molecular weight excluding hydrogens is 242 g/mol. The summed E-state index contributed by atoms with van der Waals surface area (Å²) in [5.74, 6) is 0. The second kappa shape index (κ2) is 5.99. The number of hydrogen-bond donors (Lipinski definition) is 2. The van der Waals surface area contributed by atoms with Crippen molar-refractivity contribution in [3.63, 3.8) is 0 Å². The molecule has 0 aliphatic rings. The highest BCUT2D eigenvalue weighted by atomic mass is 16.2. The molecule has 1 heterocycles. The Bertz CT molecular complexity index is 520. The van der Waals surface area contributed by atoms with E-state index in [-0.39, 0.29) is 12.1 Å². The SMILES string of the molecule is CCNC(=O)NC(C)c1ccc(-n2cncn2)cc1. The molecule has 2 N–H and O–H groups in total. The van der Waals surface area contributed by atoms with Crippen LogP contribution in [0.25, 0.3) is 5.69 Å². The van der Waals surface area contributed by atoms with E-state index in [0.29, 0.717) is 6.54 Å². The van der Waals surface area contributed by atoms with Crippen LogP contribution in [-0.2, 0) is 0 Å². The van der Waals surface area contributed by atoms with Crippen LogP contribution in [0.2, 0.25) is 0 Å². The van der Waals surface area contributed by atoms with Crippen molar-refractivity contribution >= 4 is 6.03 Å². The minimum absolute atomic E-state index is 0.0450. The molecule has 1 unspecified atom stereocenters. The molecule has 1 atom stereocenters. The topological polar surface area (TPSA) is 71.8 Å². The number of nitrogens with zero attached hydrogens (tertiary/aromatic N) is 3.